The lowest BCUT2D eigenvalue weighted by atomic mass is 10.0. The Kier molecular flexibility index (Phi) is 7.88. The van der Waals surface area contributed by atoms with Crippen molar-refractivity contribution in [2.45, 2.75) is 45.9 Å². The summed E-state index contributed by atoms with van der Waals surface area (Å²) in [6.07, 6.45) is 0.790. The van der Waals surface area contributed by atoms with Crippen molar-refractivity contribution in [1.82, 2.24) is 0 Å². The van der Waals surface area contributed by atoms with Crippen LogP contribution in [0, 0.1) is 5.92 Å². The van der Waals surface area contributed by atoms with Gasteiger partial charge in [0, 0.05) is 25.1 Å². The van der Waals surface area contributed by atoms with Crippen molar-refractivity contribution in [3.05, 3.63) is 59.7 Å². The molecule has 0 spiro atoms. The Bertz CT molecular complexity index is 782. The molecule has 5 heteroatoms. The van der Waals surface area contributed by atoms with Crippen LogP contribution in [0.5, 0.6) is 0 Å². The molecule has 0 radical (unpaired) electrons. The van der Waals surface area contributed by atoms with Gasteiger partial charge in [-0.05, 0) is 53.6 Å². The van der Waals surface area contributed by atoms with Gasteiger partial charge in [-0.3, -0.25) is 4.57 Å². The van der Waals surface area contributed by atoms with Crippen molar-refractivity contribution in [3.63, 3.8) is 0 Å². The van der Waals surface area contributed by atoms with Crippen LogP contribution in [-0.4, -0.2) is 25.8 Å². The third-order valence-corrected chi connectivity index (χ3v) is 7.45. The van der Waals surface area contributed by atoms with Crippen LogP contribution in [-0.2, 0) is 9.09 Å². The molecule has 0 aromatic heterocycles. The summed E-state index contributed by atoms with van der Waals surface area (Å²) in [7, 11) is 0.422. The predicted octanol–water partition coefficient (Wildman–Crippen LogP) is 5.53. The fourth-order valence-corrected chi connectivity index (χ4v) is 5.00. The van der Waals surface area contributed by atoms with Crippen LogP contribution in [0.4, 0.5) is 5.69 Å². The first-order chi connectivity index (χ1) is 13.1. The van der Waals surface area contributed by atoms with E-state index in [1.54, 1.807) is 12.1 Å². The standard InChI is InChI=1S/C23H34NO3P/c1-17(2)15-16-27-28(26,22-13-11-21(12-14-22)24(5)6)23(25)20-9-7-19(8-10-20)18(3)4/h7-14,17-18,23,25H,15-16H2,1-6H3/t23-,28+/m1/s1. The first-order valence-electron chi connectivity index (χ1n) is 9.95. The zero-order chi connectivity index (χ0) is 20.9. The second-order valence-electron chi connectivity index (χ2n) is 8.22. The lowest BCUT2D eigenvalue weighted by Crippen LogP contribution is -2.17. The number of rotatable bonds is 9. The third kappa shape index (κ3) is 5.47. The highest BCUT2D eigenvalue weighted by atomic mass is 31.2. The third-order valence-electron chi connectivity index (χ3n) is 4.93. The molecule has 28 heavy (non-hydrogen) atoms. The summed E-state index contributed by atoms with van der Waals surface area (Å²) >= 11 is 0. The number of nitrogens with zero attached hydrogens (tertiary/aromatic N) is 1. The van der Waals surface area contributed by atoms with Crippen molar-refractivity contribution < 1.29 is 14.2 Å². The fraction of sp³-hybridized carbons (Fsp3) is 0.478. The Balaban J connectivity index is 2.37. The monoisotopic (exact) mass is 403 g/mol. The molecule has 154 valence electrons. The number of benzene rings is 2. The van der Waals surface area contributed by atoms with Crippen LogP contribution in [0.2, 0.25) is 0 Å². The average molecular weight is 404 g/mol. The van der Waals surface area contributed by atoms with E-state index in [-0.39, 0.29) is 0 Å². The van der Waals surface area contributed by atoms with Gasteiger partial charge < -0.3 is 14.5 Å². The maximum atomic E-state index is 13.9. The molecule has 4 nitrogen and oxygen atoms in total. The summed E-state index contributed by atoms with van der Waals surface area (Å²) < 4.78 is 19.8. The molecule has 0 heterocycles. The van der Waals surface area contributed by atoms with Crippen molar-refractivity contribution in [1.29, 1.82) is 0 Å². The summed E-state index contributed by atoms with van der Waals surface area (Å²) in [6, 6.07) is 15.1. The Morgan fingerprint density at radius 2 is 1.46 bits per heavy atom. The topological polar surface area (TPSA) is 49.8 Å². The van der Waals surface area contributed by atoms with Crippen LogP contribution >= 0.6 is 7.37 Å². The highest BCUT2D eigenvalue weighted by molar-refractivity contribution is 7.67. The van der Waals surface area contributed by atoms with Gasteiger partial charge >= 0.3 is 0 Å². The maximum absolute atomic E-state index is 13.9. The van der Waals surface area contributed by atoms with Gasteiger partial charge in [-0.25, -0.2) is 0 Å². The molecule has 2 aromatic rings. The molecule has 0 saturated heterocycles. The predicted molar refractivity (Wildman–Crippen MR) is 119 cm³/mol. The molecule has 0 amide bonds. The molecule has 0 saturated carbocycles. The van der Waals surface area contributed by atoms with E-state index >= 15 is 0 Å². The van der Waals surface area contributed by atoms with Gasteiger partial charge in [0.25, 0.3) is 7.37 Å². The van der Waals surface area contributed by atoms with Crippen LogP contribution in [0.15, 0.2) is 48.5 Å². The zero-order valence-electron chi connectivity index (χ0n) is 17.9. The smallest absolute Gasteiger partial charge is 0.264 e. The normalized spacial score (nSPS) is 14.9. The molecular weight excluding hydrogens is 369 g/mol. The fourth-order valence-electron chi connectivity index (χ4n) is 2.92. The first-order valence-corrected chi connectivity index (χ1v) is 11.6. The minimum absolute atomic E-state index is 0.353. The van der Waals surface area contributed by atoms with Crippen molar-refractivity contribution in [2.75, 3.05) is 25.6 Å². The molecule has 0 aliphatic heterocycles. The first kappa shape index (κ1) is 22.7. The van der Waals surface area contributed by atoms with Crippen molar-refractivity contribution in [3.8, 4) is 0 Å². The largest absolute Gasteiger partial charge is 0.378 e. The number of hydrogen-bond donors (Lipinski definition) is 1. The molecule has 1 N–H and O–H groups in total. The number of hydrogen-bond acceptors (Lipinski definition) is 4. The Morgan fingerprint density at radius 1 is 0.929 bits per heavy atom. The molecule has 2 atom stereocenters. The highest BCUT2D eigenvalue weighted by Gasteiger charge is 2.36. The van der Waals surface area contributed by atoms with E-state index in [2.05, 4.69) is 27.7 Å². The van der Waals surface area contributed by atoms with Crippen LogP contribution < -0.4 is 10.2 Å². The summed E-state index contributed by atoms with van der Waals surface area (Å²) in [5.74, 6) is -0.350. The van der Waals surface area contributed by atoms with Gasteiger partial charge in [-0.2, -0.15) is 0 Å². The van der Waals surface area contributed by atoms with Gasteiger partial charge in [-0.15, -0.1) is 0 Å². The van der Waals surface area contributed by atoms with Gasteiger partial charge in [0.05, 0.1) is 6.61 Å². The molecule has 2 rings (SSSR count). The van der Waals surface area contributed by atoms with E-state index in [0.29, 0.717) is 29.3 Å². The van der Waals surface area contributed by atoms with E-state index < -0.39 is 13.2 Å². The molecule has 0 fully saturated rings. The van der Waals surface area contributed by atoms with Gasteiger partial charge in [-0.1, -0.05) is 52.0 Å². The van der Waals surface area contributed by atoms with Gasteiger partial charge in [0.2, 0.25) is 0 Å². The summed E-state index contributed by atoms with van der Waals surface area (Å²) in [4.78, 5) is 1.98. The summed E-state index contributed by atoms with van der Waals surface area (Å²) in [5.41, 5.74) is 2.81. The number of anilines is 1. The van der Waals surface area contributed by atoms with E-state index in [9.17, 15) is 9.67 Å². The highest BCUT2D eigenvalue weighted by Crippen LogP contribution is 2.58. The quantitative estimate of drug-likeness (QED) is 0.559. The van der Waals surface area contributed by atoms with Crippen LogP contribution in [0.25, 0.3) is 0 Å². The number of aliphatic hydroxyl groups excluding tert-OH is 1. The van der Waals surface area contributed by atoms with Gasteiger partial charge in [0.1, 0.15) is 0 Å². The maximum Gasteiger partial charge on any atom is 0.264 e. The molecular formula is C23H34NO3P. The minimum atomic E-state index is -3.49. The Labute approximate surface area is 170 Å². The van der Waals surface area contributed by atoms with E-state index in [1.165, 1.54) is 5.56 Å². The lowest BCUT2D eigenvalue weighted by molar-refractivity contribution is 0.209. The minimum Gasteiger partial charge on any atom is -0.378 e. The van der Waals surface area contributed by atoms with Crippen LogP contribution in [0.3, 0.4) is 0 Å². The summed E-state index contributed by atoms with van der Waals surface area (Å²) in [6.45, 7) is 8.79. The second kappa shape index (κ2) is 9.73. The molecule has 0 unspecified atom stereocenters. The second-order valence-corrected chi connectivity index (χ2v) is 10.7. The van der Waals surface area contributed by atoms with E-state index in [4.69, 9.17) is 4.52 Å². The molecule has 0 aliphatic rings. The van der Waals surface area contributed by atoms with E-state index in [0.717, 1.165) is 12.1 Å². The average Bonchev–Trinajstić information content (AvgIpc) is 2.67. The summed E-state index contributed by atoms with van der Waals surface area (Å²) in [5, 5.41) is 11.6. The van der Waals surface area contributed by atoms with E-state index in [1.807, 2.05) is 55.4 Å². The molecule has 2 aromatic carbocycles. The van der Waals surface area contributed by atoms with Crippen molar-refractivity contribution >= 4 is 18.4 Å². The van der Waals surface area contributed by atoms with Crippen LogP contribution in [0.1, 0.15) is 57.0 Å². The Hall–Kier alpha value is -1.61. The number of aliphatic hydroxyl groups is 1. The molecule has 0 aliphatic carbocycles. The lowest BCUT2D eigenvalue weighted by Gasteiger charge is -2.26. The van der Waals surface area contributed by atoms with Gasteiger partial charge in [0.15, 0.2) is 5.85 Å². The van der Waals surface area contributed by atoms with Crippen molar-refractivity contribution in [2.24, 2.45) is 5.92 Å². The Morgan fingerprint density at radius 3 is 1.93 bits per heavy atom. The SMILES string of the molecule is CC(C)CCO[P@@](=O)(c1ccc(N(C)C)cc1)[C@@H](O)c1ccc(C(C)C)cc1. The molecule has 0 bridgehead atoms. The zero-order valence-corrected chi connectivity index (χ0v) is 18.8.